The number of hydrogen-bond donors (Lipinski definition) is 0. The third-order valence-electron chi connectivity index (χ3n) is 3.37. The van der Waals surface area contributed by atoms with Gasteiger partial charge in [-0.05, 0) is 45.7 Å². The third kappa shape index (κ3) is 2.93. The lowest BCUT2D eigenvalue weighted by Crippen LogP contribution is -2.18. The van der Waals surface area contributed by atoms with Gasteiger partial charge in [-0.3, -0.25) is 4.98 Å². The van der Waals surface area contributed by atoms with Crippen LogP contribution in [-0.2, 0) is 10.8 Å². The van der Waals surface area contributed by atoms with Gasteiger partial charge in [-0.2, -0.15) is 0 Å². The van der Waals surface area contributed by atoms with Crippen LogP contribution in [0.25, 0.3) is 10.9 Å². The number of hydrogen-bond acceptors (Lipinski definition) is 1. The SMILES string of the molecule is CC(C)(C)c1cc(C(C)(C)C)c2cccc(I)c2n1. The Labute approximate surface area is 130 Å². The Balaban J connectivity index is 2.89. The summed E-state index contributed by atoms with van der Waals surface area (Å²) in [7, 11) is 0. The lowest BCUT2D eigenvalue weighted by molar-refractivity contribution is 0.558. The van der Waals surface area contributed by atoms with Crippen LogP contribution in [0.4, 0.5) is 0 Å². The molecule has 0 aliphatic heterocycles. The van der Waals surface area contributed by atoms with E-state index in [1.165, 1.54) is 20.2 Å². The van der Waals surface area contributed by atoms with Gasteiger partial charge in [0.05, 0.1) is 5.52 Å². The van der Waals surface area contributed by atoms with Crippen molar-refractivity contribution in [1.82, 2.24) is 4.98 Å². The summed E-state index contributed by atoms with van der Waals surface area (Å²) >= 11 is 2.39. The molecule has 19 heavy (non-hydrogen) atoms. The Kier molecular flexibility index (Phi) is 3.67. The van der Waals surface area contributed by atoms with Crippen molar-refractivity contribution in [3.8, 4) is 0 Å². The molecule has 0 saturated carbocycles. The van der Waals surface area contributed by atoms with Gasteiger partial charge >= 0.3 is 0 Å². The fourth-order valence-corrected chi connectivity index (χ4v) is 2.84. The van der Waals surface area contributed by atoms with E-state index in [1.807, 2.05) is 0 Å². The van der Waals surface area contributed by atoms with Gasteiger partial charge in [0.15, 0.2) is 0 Å². The molecule has 0 aliphatic carbocycles. The van der Waals surface area contributed by atoms with Gasteiger partial charge in [0.1, 0.15) is 0 Å². The molecule has 0 saturated heterocycles. The van der Waals surface area contributed by atoms with Crippen LogP contribution in [0.5, 0.6) is 0 Å². The Morgan fingerprint density at radius 1 is 0.947 bits per heavy atom. The van der Waals surface area contributed by atoms with Crippen LogP contribution >= 0.6 is 22.6 Å². The van der Waals surface area contributed by atoms with Gasteiger partial charge in [-0.15, -0.1) is 0 Å². The Hall–Kier alpha value is -0.640. The first kappa shape index (κ1) is 14.8. The van der Waals surface area contributed by atoms with Gasteiger partial charge in [0.25, 0.3) is 0 Å². The summed E-state index contributed by atoms with van der Waals surface area (Å²) in [5.74, 6) is 0. The summed E-state index contributed by atoms with van der Waals surface area (Å²) in [6.07, 6.45) is 0. The van der Waals surface area contributed by atoms with E-state index in [0.717, 1.165) is 5.52 Å². The molecular formula is C17H22IN. The van der Waals surface area contributed by atoms with E-state index < -0.39 is 0 Å². The highest BCUT2D eigenvalue weighted by Gasteiger charge is 2.23. The molecule has 102 valence electrons. The molecule has 0 fully saturated rings. The second-order valence-corrected chi connectivity index (χ2v) is 8.35. The normalized spacial score (nSPS) is 13.0. The third-order valence-corrected chi connectivity index (χ3v) is 4.24. The maximum atomic E-state index is 4.91. The van der Waals surface area contributed by atoms with Crippen molar-refractivity contribution in [1.29, 1.82) is 0 Å². The molecular weight excluding hydrogens is 345 g/mol. The molecule has 1 nitrogen and oxygen atoms in total. The lowest BCUT2D eigenvalue weighted by Gasteiger charge is -2.26. The Morgan fingerprint density at radius 3 is 2.11 bits per heavy atom. The van der Waals surface area contributed by atoms with E-state index in [1.54, 1.807) is 0 Å². The Morgan fingerprint density at radius 2 is 1.58 bits per heavy atom. The van der Waals surface area contributed by atoms with Crippen molar-refractivity contribution in [3.63, 3.8) is 0 Å². The molecule has 2 aromatic rings. The number of rotatable bonds is 0. The molecule has 0 bridgehead atoms. The highest BCUT2D eigenvalue weighted by molar-refractivity contribution is 14.1. The predicted molar refractivity (Wildman–Crippen MR) is 91.9 cm³/mol. The topological polar surface area (TPSA) is 12.9 Å². The van der Waals surface area contributed by atoms with Crippen molar-refractivity contribution < 1.29 is 0 Å². The summed E-state index contributed by atoms with van der Waals surface area (Å²) in [5.41, 5.74) is 3.91. The maximum absolute atomic E-state index is 4.91. The van der Waals surface area contributed by atoms with Crippen molar-refractivity contribution in [2.24, 2.45) is 0 Å². The lowest BCUT2D eigenvalue weighted by atomic mass is 9.81. The minimum absolute atomic E-state index is 0.0765. The predicted octanol–water partition coefficient (Wildman–Crippen LogP) is 5.43. The molecule has 0 aliphatic rings. The summed E-state index contributed by atoms with van der Waals surface area (Å²) in [5, 5.41) is 1.28. The summed E-state index contributed by atoms with van der Waals surface area (Å²) in [6, 6.07) is 8.74. The number of fused-ring (bicyclic) bond motifs is 1. The zero-order valence-electron chi connectivity index (χ0n) is 12.6. The van der Waals surface area contributed by atoms with Gasteiger partial charge < -0.3 is 0 Å². The Bertz CT molecular complexity index is 615. The van der Waals surface area contributed by atoms with Crippen LogP contribution in [0.2, 0.25) is 0 Å². The smallest absolute Gasteiger partial charge is 0.0841 e. The second-order valence-electron chi connectivity index (χ2n) is 7.19. The maximum Gasteiger partial charge on any atom is 0.0841 e. The number of benzene rings is 1. The molecule has 1 heterocycles. The van der Waals surface area contributed by atoms with Crippen molar-refractivity contribution in [2.45, 2.75) is 52.4 Å². The fraction of sp³-hybridized carbons (Fsp3) is 0.471. The minimum Gasteiger partial charge on any atom is -0.251 e. The van der Waals surface area contributed by atoms with E-state index >= 15 is 0 Å². The highest BCUT2D eigenvalue weighted by atomic mass is 127. The number of pyridine rings is 1. The molecule has 2 heteroatoms. The van der Waals surface area contributed by atoms with Crippen LogP contribution in [0.1, 0.15) is 52.8 Å². The second kappa shape index (κ2) is 4.72. The quantitative estimate of drug-likeness (QED) is 0.566. The van der Waals surface area contributed by atoms with E-state index in [-0.39, 0.29) is 10.8 Å². The first-order valence-corrected chi connectivity index (χ1v) is 7.79. The first-order chi connectivity index (χ1) is 8.60. The fourth-order valence-electron chi connectivity index (χ4n) is 2.22. The number of aromatic nitrogens is 1. The molecule has 0 N–H and O–H groups in total. The average Bonchev–Trinajstić information content (AvgIpc) is 2.25. The van der Waals surface area contributed by atoms with E-state index in [2.05, 4.69) is 88.4 Å². The largest absolute Gasteiger partial charge is 0.251 e. The zero-order chi connectivity index (χ0) is 14.4. The number of para-hydroxylation sites is 1. The first-order valence-electron chi connectivity index (χ1n) is 6.71. The molecule has 0 radical (unpaired) electrons. The van der Waals surface area contributed by atoms with Gasteiger partial charge in [0, 0.05) is 20.1 Å². The summed E-state index contributed by atoms with van der Waals surface area (Å²) < 4.78 is 1.23. The van der Waals surface area contributed by atoms with Crippen LogP contribution < -0.4 is 0 Å². The van der Waals surface area contributed by atoms with Gasteiger partial charge in [-0.25, -0.2) is 0 Å². The molecule has 2 rings (SSSR count). The molecule has 1 aromatic carbocycles. The number of halogens is 1. The molecule has 0 amide bonds. The van der Waals surface area contributed by atoms with E-state index in [0.29, 0.717) is 0 Å². The van der Waals surface area contributed by atoms with Gasteiger partial charge in [0.2, 0.25) is 0 Å². The van der Waals surface area contributed by atoms with Gasteiger partial charge in [-0.1, -0.05) is 53.7 Å². The standard InChI is InChI=1S/C17H22IN/c1-16(2,3)12-10-14(17(4,5)6)19-15-11(12)8-7-9-13(15)18/h7-10H,1-6H3. The van der Waals surface area contributed by atoms with Crippen LogP contribution in [0, 0.1) is 3.57 Å². The van der Waals surface area contributed by atoms with Crippen LogP contribution in [0.3, 0.4) is 0 Å². The van der Waals surface area contributed by atoms with Crippen molar-refractivity contribution in [2.75, 3.05) is 0 Å². The van der Waals surface area contributed by atoms with Crippen LogP contribution in [-0.4, -0.2) is 4.98 Å². The monoisotopic (exact) mass is 367 g/mol. The minimum atomic E-state index is 0.0765. The molecule has 0 spiro atoms. The van der Waals surface area contributed by atoms with E-state index in [4.69, 9.17) is 4.98 Å². The molecule has 0 unspecified atom stereocenters. The van der Waals surface area contributed by atoms with Crippen LogP contribution in [0.15, 0.2) is 24.3 Å². The van der Waals surface area contributed by atoms with Crippen molar-refractivity contribution >= 4 is 33.5 Å². The summed E-state index contributed by atoms with van der Waals surface area (Å²) in [6.45, 7) is 13.5. The number of nitrogens with zero attached hydrogens (tertiary/aromatic N) is 1. The van der Waals surface area contributed by atoms with E-state index in [9.17, 15) is 0 Å². The highest BCUT2D eigenvalue weighted by Crippen LogP contribution is 2.34. The summed E-state index contributed by atoms with van der Waals surface area (Å²) in [4.78, 5) is 4.91. The average molecular weight is 367 g/mol. The zero-order valence-corrected chi connectivity index (χ0v) is 14.8. The molecule has 1 aromatic heterocycles. The van der Waals surface area contributed by atoms with Crippen molar-refractivity contribution in [3.05, 3.63) is 39.1 Å². The molecule has 0 atom stereocenters.